The fourth-order valence-corrected chi connectivity index (χ4v) is 1.89. The first kappa shape index (κ1) is 12.5. The molecule has 0 aromatic carbocycles. The fraction of sp³-hybridized carbons (Fsp3) is 0.917. The van der Waals surface area contributed by atoms with Gasteiger partial charge in [0.15, 0.2) is 0 Å². The Balaban J connectivity index is 2.40. The quantitative estimate of drug-likeness (QED) is 0.606. The molecule has 3 nitrogen and oxygen atoms in total. The Bertz CT molecular complexity index is 202. The number of ether oxygens (including phenoxy) is 1. The van der Waals surface area contributed by atoms with E-state index in [1.54, 1.807) is 0 Å². The predicted molar refractivity (Wildman–Crippen MR) is 60.7 cm³/mol. The van der Waals surface area contributed by atoms with Crippen LogP contribution in [-0.2, 0) is 9.53 Å². The van der Waals surface area contributed by atoms with E-state index in [1.807, 2.05) is 7.05 Å². The fourth-order valence-electron chi connectivity index (χ4n) is 1.89. The highest BCUT2D eigenvalue weighted by Crippen LogP contribution is 2.30. The number of unbranched alkanes of at least 4 members (excludes halogenated alkanes) is 1. The maximum Gasteiger partial charge on any atom is 0.323 e. The van der Waals surface area contributed by atoms with E-state index in [2.05, 4.69) is 11.8 Å². The van der Waals surface area contributed by atoms with Gasteiger partial charge >= 0.3 is 5.97 Å². The summed E-state index contributed by atoms with van der Waals surface area (Å²) in [6.45, 7) is 3.19. The maximum absolute atomic E-state index is 11.6. The minimum absolute atomic E-state index is 0.0319. The van der Waals surface area contributed by atoms with E-state index in [4.69, 9.17) is 4.74 Å². The number of esters is 1. The molecule has 0 aliphatic heterocycles. The zero-order chi connectivity index (χ0) is 11.3. The lowest BCUT2D eigenvalue weighted by molar-refractivity contribution is -0.146. The maximum atomic E-state index is 11.6. The van der Waals surface area contributed by atoms with Crippen LogP contribution in [0.2, 0.25) is 0 Å². The molecule has 0 saturated heterocycles. The number of carbonyl (C=O) groups excluding carboxylic acids is 1. The van der Waals surface area contributed by atoms with Crippen molar-refractivity contribution in [1.29, 1.82) is 0 Å². The van der Waals surface area contributed by atoms with Gasteiger partial charge in [0.25, 0.3) is 0 Å². The first-order chi connectivity index (χ1) is 7.19. The number of likely N-dealkylation sites (N-methyl/N-ethyl adjacent to an activating group) is 1. The monoisotopic (exact) mass is 213 g/mol. The van der Waals surface area contributed by atoms with Gasteiger partial charge in [-0.15, -0.1) is 0 Å². The highest BCUT2D eigenvalue weighted by molar-refractivity contribution is 5.75. The van der Waals surface area contributed by atoms with Gasteiger partial charge in [0, 0.05) is 6.54 Å². The Morgan fingerprint density at radius 2 is 2.20 bits per heavy atom. The van der Waals surface area contributed by atoms with Gasteiger partial charge in [-0.1, -0.05) is 19.8 Å². The van der Waals surface area contributed by atoms with E-state index in [9.17, 15) is 4.79 Å². The Morgan fingerprint density at radius 3 is 2.67 bits per heavy atom. The molecule has 1 rings (SSSR count). The van der Waals surface area contributed by atoms with Crippen LogP contribution in [0.1, 0.15) is 39.0 Å². The molecule has 0 heterocycles. The average Bonchev–Trinajstić information content (AvgIpc) is 3.01. The van der Waals surface area contributed by atoms with Gasteiger partial charge in [-0.2, -0.15) is 0 Å². The third kappa shape index (κ3) is 4.20. The summed E-state index contributed by atoms with van der Waals surface area (Å²) in [6, 6.07) is -0.0319. The summed E-state index contributed by atoms with van der Waals surface area (Å²) in [7, 11) is 3.52. The molecule has 0 spiro atoms. The second kappa shape index (κ2) is 6.11. The molecule has 1 saturated carbocycles. The van der Waals surface area contributed by atoms with Crippen molar-refractivity contribution in [2.24, 2.45) is 5.92 Å². The van der Waals surface area contributed by atoms with Crippen LogP contribution in [0.15, 0.2) is 0 Å². The smallest absolute Gasteiger partial charge is 0.323 e. The summed E-state index contributed by atoms with van der Waals surface area (Å²) < 4.78 is 4.85. The zero-order valence-electron chi connectivity index (χ0n) is 10.2. The lowest BCUT2D eigenvalue weighted by Gasteiger charge is -2.25. The molecule has 1 aliphatic rings. The summed E-state index contributed by atoms with van der Waals surface area (Å²) in [5, 5.41) is 0. The van der Waals surface area contributed by atoms with Gasteiger partial charge in [0.1, 0.15) is 6.04 Å². The molecular weight excluding hydrogens is 190 g/mol. The largest absolute Gasteiger partial charge is 0.468 e. The molecule has 0 amide bonds. The zero-order valence-corrected chi connectivity index (χ0v) is 10.2. The Morgan fingerprint density at radius 1 is 1.53 bits per heavy atom. The van der Waals surface area contributed by atoms with E-state index in [1.165, 1.54) is 20.0 Å². The van der Waals surface area contributed by atoms with Crippen molar-refractivity contribution in [2.75, 3.05) is 20.7 Å². The number of methoxy groups -OCH3 is 1. The molecule has 1 fully saturated rings. The van der Waals surface area contributed by atoms with E-state index in [-0.39, 0.29) is 12.0 Å². The molecule has 88 valence electrons. The van der Waals surface area contributed by atoms with Crippen LogP contribution in [0.25, 0.3) is 0 Å². The first-order valence-corrected chi connectivity index (χ1v) is 5.97. The molecule has 0 N–H and O–H groups in total. The lowest BCUT2D eigenvalue weighted by Crippen LogP contribution is -2.40. The third-order valence-corrected chi connectivity index (χ3v) is 3.08. The van der Waals surface area contributed by atoms with Crippen molar-refractivity contribution < 1.29 is 9.53 Å². The second-order valence-electron chi connectivity index (χ2n) is 4.56. The normalized spacial score (nSPS) is 17.9. The predicted octanol–water partition coefficient (Wildman–Crippen LogP) is 2.06. The second-order valence-corrected chi connectivity index (χ2v) is 4.56. The molecule has 0 aromatic heterocycles. The van der Waals surface area contributed by atoms with E-state index in [0.717, 1.165) is 31.7 Å². The average molecular weight is 213 g/mol. The van der Waals surface area contributed by atoms with Gasteiger partial charge in [0.05, 0.1) is 7.11 Å². The van der Waals surface area contributed by atoms with Gasteiger partial charge in [0.2, 0.25) is 0 Å². The van der Waals surface area contributed by atoms with Crippen LogP contribution >= 0.6 is 0 Å². The van der Waals surface area contributed by atoms with Crippen molar-refractivity contribution in [3.05, 3.63) is 0 Å². The summed E-state index contributed by atoms with van der Waals surface area (Å²) >= 11 is 0. The molecule has 3 heteroatoms. The molecule has 0 bridgehead atoms. The Hall–Kier alpha value is -0.570. The third-order valence-electron chi connectivity index (χ3n) is 3.08. The minimum Gasteiger partial charge on any atom is -0.468 e. The van der Waals surface area contributed by atoms with Crippen molar-refractivity contribution in [2.45, 2.75) is 45.1 Å². The van der Waals surface area contributed by atoms with Gasteiger partial charge < -0.3 is 4.74 Å². The van der Waals surface area contributed by atoms with Gasteiger partial charge in [-0.3, -0.25) is 9.69 Å². The van der Waals surface area contributed by atoms with Crippen LogP contribution < -0.4 is 0 Å². The lowest BCUT2D eigenvalue weighted by atomic mass is 10.1. The van der Waals surface area contributed by atoms with Crippen LogP contribution in [0, 0.1) is 5.92 Å². The molecule has 15 heavy (non-hydrogen) atoms. The number of rotatable bonds is 7. The van der Waals surface area contributed by atoms with E-state index in [0.29, 0.717) is 0 Å². The van der Waals surface area contributed by atoms with Crippen molar-refractivity contribution in [3.63, 3.8) is 0 Å². The molecule has 0 aromatic rings. The number of hydrogen-bond acceptors (Lipinski definition) is 3. The van der Waals surface area contributed by atoms with Gasteiger partial charge in [-0.05, 0) is 32.2 Å². The summed E-state index contributed by atoms with van der Waals surface area (Å²) in [6.07, 6.45) is 5.80. The highest BCUT2D eigenvalue weighted by Gasteiger charge is 2.29. The highest BCUT2D eigenvalue weighted by atomic mass is 16.5. The summed E-state index contributed by atoms with van der Waals surface area (Å²) in [5.41, 5.74) is 0. The number of carbonyl (C=O) groups is 1. The van der Waals surface area contributed by atoms with E-state index >= 15 is 0 Å². The van der Waals surface area contributed by atoms with E-state index < -0.39 is 0 Å². The summed E-state index contributed by atoms with van der Waals surface area (Å²) in [4.78, 5) is 13.8. The van der Waals surface area contributed by atoms with Crippen molar-refractivity contribution in [1.82, 2.24) is 4.90 Å². The molecular formula is C12H23NO2. The Kier molecular flexibility index (Phi) is 5.09. The van der Waals surface area contributed by atoms with Crippen LogP contribution in [-0.4, -0.2) is 37.6 Å². The minimum atomic E-state index is -0.0772. The van der Waals surface area contributed by atoms with Crippen LogP contribution in [0.3, 0.4) is 0 Å². The summed E-state index contributed by atoms with van der Waals surface area (Å²) in [5.74, 6) is 0.746. The Labute approximate surface area is 92.8 Å². The van der Waals surface area contributed by atoms with Crippen molar-refractivity contribution >= 4 is 5.97 Å². The molecule has 1 atom stereocenters. The van der Waals surface area contributed by atoms with Gasteiger partial charge in [-0.25, -0.2) is 0 Å². The SMILES string of the molecule is CCCCC(C(=O)OC)N(C)CC1CC1. The topological polar surface area (TPSA) is 29.5 Å². The number of nitrogens with zero attached hydrogens (tertiary/aromatic N) is 1. The van der Waals surface area contributed by atoms with Crippen LogP contribution in [0.5, 0.6) is 0 Å². The standard InChI is InChI=1S/C12H23NO2/c1-4-5-6-11(12(14)15-3)13(2)9-10-7-8-10/h10-11H,4-9H2,1-3H3. The molecule has 1 unspecified atom stereocenters. The number of hydrogen-bond donors (Lipinski definition) is 0. The molecule has 0 radical (unpaired) electrons. The molecule has 1 aliphatic carbocycles. The van der Waals surface area contributed by atoms with Crippen LogP contribution in [0.4, 0.5) is 0 Å². The van der Waals surface area contributed by atoms with Crippen molar-refractivity contribution in [3.8, 4) is 0 Å². The first-order valence-electron chi connectivity index (χ1n) is 5.97.